The number of ether oxygens (including phenoxy) is 1. The van der Waals surface area contributed by atoms with E-state index >= 15 is 0 Å². The third kappa shape index (κ3) is 6.02. The van der Waals surface area contributed by atoms with Crippen molar-refractivity contribution in [3.63, 3.8) is 0 Å². The summed E-state index contributed by atoms with van der Waals surface area (Å²) in [6, 6.07) is 14.5. The number of nitrogens with one attached hydrogen (secondary N) is 2. The van der Waals surface area contributed by atoms with Gasteiger partial charge in [0.05, 0.1) is 6.61 Å². The van der Waals surface area contributed by atoms with Crippen LogP contribution in [0.4, 0.5) is 5.69 Å². The van der Waals surface area contributed by atoms with Crippen LogP contribution in [0.3, 0.4) is 0 Å². The van der Waals surface area contributed by atoms with Gasteiger partial charge in [-0.3, -0.25) is 10.1 Å². The zero-order valence-electron chi connectivity index (χ0n) is 13.1. The molecule has 24 heavy (non-hydrogen) atoms. The Morgan fingerprint density at radius 3 is 2.46 bits per heavy atom. The molecule has 0 saturated heterocycles. The summed E-state index contributed by atoms with van der Waals surface area (Å²) in [4.78, 5) is 11.9. The lowest BCUT2D eigenvalue weighted by Gasteiger charge is -2.09. The van der Waals surface area contributed by atoms with Gasteiger partial charge < -0.3 is 10.1 Å². The Bertz CT molecular complexity index is 728. The van der Waals surface area contributed by atoms with Crippen molar-refractivity contribution in [3.8, 4) is 5.75 Å². The number of rotatable bonds is 5. The molecule has 0 heterocycles. The minimum atomic E-state index is -0.312. The van der Waals surface area contributed by atoms with Crippen LogP contribution in [-0.4, -0.2) is 17.6 Å². The van der Waals surface area contributed by atoms with Gasteiger partial charge in [0.2, 0.25) is 5.91 Å². The van der Waals surface area contributed by atoms with Gasteiger partial charge >= 0.3 is 0 Å². The average molecular weight is 361 g/mol. The number of anilines is 1. The summed E-state index contributed by atoms with van der Waals surface area (Å²) in [5, 5.41) is 6.40. The van der Waals surface area contributed by atoms with Crippen LogP contribution in [0.1, 0.15) is 12.5 Å². The van der Waals surface area contributed by atoms with E-state index < -0.39 is 0 Å². The van der Waals surface area contributed by atoms with Gasteiger partial charge in [-0.05, 0) is 67.2 Å². The van der Waals surface area contributed by atoms with Crippen LogP contribution in [0.5, 0.6) is 5.75 Å². The SMILES string of the molecule is CCOc1ccc(NC(=S)NC(=O)C=Cc2ccc(Cl)cc2)cc1. The molecule has 0 bridgehead atoms. The summed E-state index contributed by atoms with van der Waals surface area (Å²) in [6.07, 6.45) is 3.10. The van der Waals surface area contributed by atoms with Crippen molar-refractivity contribution in [3.05, 3.63) is 65.2 Å². The molecule has 0 aliphatic carbocycles. The molecule has 6 heteroatoms. The lowest BCUT2D eigenvalue weighted by atomic mass is 10.2. The number of hydrogen-bond acceptors (Lipinski definition) is 3. The monoisotopic (exact) mass is 360 g/mol. The predicted octanol–water partition coefficient (Wildman–Crippen LogP) is 4.27. The summed E-state index contributed by atoms with van der Waals surface area (Å²) in [5.74, 6) is 0.470. The molecular formula is C18H17ClN2O2S. The van der Waals surface area contributed by atoms with Gasteiger partial charge in [-0.1, -0.05) is 23.7 Å². The Morgan fingerprint density at radius 2 is 1.83 bits per heavy atom. The molecule has 0 saturated carbocycles. The molecule has 124 valence electrons. The standard InChI is InChI=1S/C18H17ClN2O2S/c1-2-23-16-10-8-15(9-11-16)20-18(24)21-17(22)12-5-13-3-6-14(19)7-4-13/h3-12H,2H2,1H3,(H2,20,21,22,24). The molecule has 2 aromatic carbocycles. The van der Waals surface area contributed by atoms with E-state index in [1.54, 1.807) is 18.2 Å². The van der Waals surface area contributed by atoms with E-state index in [0.29, 0.717) is 11.6 Å². The zero-order chi connectivity index (χ0) is 17.4. The molecule has 0 unspecified atom stereocenters. The fourth-order valence-corrected chi connectivity index (χ4v) is 2.21. The highest BCUT2D eigenvalue weighted by molar-refractivity contribution is 7.80. The molecule has 0 aliphatic heterocycles. The average Bonchev–Trinajstić information content (AvgIpc) is 2.56. The van der Waals surface area contributed by atoms with Crippen LogP contribution >= 0.6 is 23.8 Å². The van der Waals surface area contributed by atoms with Gasteiger partial charge in [0.15, 0.2) is 5.11 Å². The van der Waals surface area contributed by atoms with E-state index in [9.17, 15) is 4.79 Å². The number of halogens is 1. The molecule has 0 spiro atoms. The summed E-state index contributed by atoms with van der Waals surface area (Å²) in [7, 11) is 0. The highest BCUT2D eigenvalue weighted by Gasteiger charge is 2.02. The van der Waals surface area contributed by atoms with Crippen LogP contribution in [0.2, 0.25) is 5.02 Å². The molecular weight excluding hydrogens is 344 g/mol. The van der Waals surface area contributed by atoms with Crippen LogP contribution in [0.25, 0.3) is 6.08 Å². The Labute approximate surface area is 151 Å². The van der Waals surface area contributed by atoms with Crippen molar-refractivity contribution in [1.82, 2.24) is 5.32 Å². The second-order valence-electron chi connectivity index (χ2n) is 4.79. The lowest BCUT2D eigenvalue weighted by molar-refractivity contribution is -0.115. The van der Waals surface area contributed by atoms with Crippen LogP contribution in [0, 0.1) is 0 Å². The number of carbonyl (C=O) groups is 1. The largest absolute Gasteiger partial charge is 0.494 e. The van der Waals surface area contributed by atoms with Crippen molar-refractivity contribution < 1.29 is 9.53 Å². The topological polar surface area (TPSA) is 50.4 Å². The fourth-order valence-electron chi connectivity index (χ4n) is 1.86. The molecule has 0 atom stereocenters. The van der Waals surface area contributed by atoms with Crippen LogP contribution < -0.4 is 15.4 Å². The maximum atomic E-state index is 11.9. The number of benzene rings is 2. The minimum Gasteiger partial charge on any atom is -0.494 e. The van der Waals surface area contributed by atoms with E-state index in [-0.39, 0.29) is 11.0 Å². The van der Waals surface area contributed by atoms with E-state index in [2.05, 4.69) is 10.6 Å². The molecule has 0 aromatic heterocycles. The van der Waals surface area contributed by atoms with E-state index in [0.717, 1.165) is 17.0 Å². The summed E-state index contributed by atoms with van der Waals surface area (Å²) in [5.41, 5.74) is 1.64. The number of amides is 1. The highest BCUT2D eigenvalue weighted by atomic mass is 35.5. The predicted molar refractivity (Wildman–Crippen MR) is 102 cm³/mol. The van der Waals surface area contributed by atoms with Crippen molar-refractivity contribution in [2.75, 3.05) is 11.9 Å². The molecule has 0 fully saturated rings. The van der Waals surface area contributed by atoms with Crippen molar-refractivity contribution in [2.45, 2.75) is 6.92 Å². The van der Waals surface area contributed by atoms with Crippen molar-refractivity contribution >= 4 is 46.6 Å². The Hall–Kier alpha value is -2.37. The number of thiocarbonyl (C=S) groups is 1. The van der Waals surface area contributed by atoms with Gasteiger partial charge in [-0.2, -0.15) is 0 Å². The highest BCUT2D eigenvalue weighted by Crippen LogP contribution is 2.15. The first-order chi connectivity index (χ1) is 11.6. The van der Waals surface area contributed by atoms with Crippen molar-refractivity contribution in [1.29, 1.82) is 0 Å². The molecule has 4 nitrogen and oxygen atoms in total. The van der Waals surface area contributed by atoms with E-state index in [4.69, 9.17) is 28.6 Å². The van der Waals surface area contributed by atoms with Gasteiger partial charge in [-0.25, -0.2) is 0 Å². The Morgan fingerprint density at radius 1 is 1.17 bits per heavy atom. The maximum absolute atomic E-state index is 11.9. The van der Waals surface area contributed by atoms with E-state index in [1.807, 2.05) is 43.3 Å². The van der Waals surface area contributed by atoms with E-state index in [1.165, 1.54) is 6.08 Å². The Kier molecular flexibility index (Phi) is 6.78. The molecule has 1 amide bonds. The zero-order valence-corrected chi connectivity index (χ0v) is 14.7. The normalized spacial score (nSPS) is 10.4. The minimum absolute atomic E-state index is 0.227. The summed E-state index contributed by atoms with van der Waals surface area (Å²) in [6.45, 7) is 2.54. The number of carbonyl (C=O) groups excluding carboxylic acids is 1. The third-order valence-electron chi connectivity index (χ3n) is 2.96. The first kappa shape index (κ1) is 18.0. The first-order valence-corrected chi connectivity index (χ1v) is 8.14. The molecule has 2 N–H and O–H groups in total. The van der Waals surface area contributed by atoms with Crippen LogP contribution in [0.15, 0.2) is 54.6 Å². The quantitative estimate of drug-likeness (QED) is 0.617. The summed E-state index contributed by atoms with van der Waals surface area (Å²) >= 11 is 10.9. The van der Waals surface area contributed by atoms with Gasteiger partial charge in [0.1, 0.15) is 5.75 Å². The fraction of sp³-hybridized carbons (Fsp3) is 0.111. The molecule has 2 rings (SSSR count). The van der Waals surface area contributed by atoms with Gasteiger partial charge in [0.25, 0.3) is 0 Å². The number of hydrogen-bond donors (Lipinski definition) is 2. The molecule has 2 aromatic rings. The van der Waals surface area contributed by atoms with Gasteiger partial charge in [-0.15, -0.1) is 0 Å². The van der Waals surface area contributed by atoms with Crippen LogP contribution in [-0.2, 0) is 4.79 Å². The second-order valence-corrected chi connectivity index (χ2v) is 5.63. The molecule has 0 radical (unpaired) electrons. The second kappa shape index (κ2) is 9.05. The Balaban J connectivity index is 1.84. The van der Waals surface area contributed by atoms with Gasteiger partial charge in [0, 0.05) is 16.8 Å². The maximum Gasteiger partial charge on any atom is 0.250 e. The molecule has 0 aliphatic rings. The lowest BCUT2D eigenvalue weighted by Crippen LogP contribution is -2.32. The third-order valence-corrected chi connectivity index (χ3v) is 3.41. The smallest absolute Gasteiger partial charge is 0.250 e. The first-order valence-electron chi connectivity index (χ1n) is 7.35. The van der Waals surface area contributed by atoms with Crippen molar-refractivity contribution in [2.24, 2.45) is 0 Å². The summed E-state index contributed by atoms with van der Waals surface area (Å²) < 4.78 is 5.36.